The van der Waals surface area contributed by atoms with Crippen LogP contribution in [0, 0.1) is 11.8 Å². The molecule has 0 N–H and O–H groups in total. The van der Waals surface area contributed by atoms with Gasteiger partial charge in [-0.25, -0.2) is 0 Å². The van der Waals surface area contributed by atoms with E-state index >= 15 is 0 Å². The van der Waals surface area contributed by atoms with Crippen LogP contribution in [0.3, 0.4) is 0 Å². The van der Waals surface area contributed by atoms with Gasteiger partial charge in [-0.3, -0.25) is 0 Å². The summed E-state index contributed by atoms with van der Waals surface area (Å²) < 4.78 is 5.25. The molecule has 0 saturated heterocycles. The van der Waals surface area contributed by atoms with E-state index in [9.17, 15) is 4.79 Å². The van der Waals surface area contributed by atoms with Crippen LogP contribution in [-0.4, -0.2) is 12.9 Å². The van der Waals surface area contributed by atoms with Crippen LogP contribution in [0.4, 0.5) is 0 Å². The molecule has 0 saturated carbocycles. The largest absolute Gasteiger partial charge is 0.497 e. The minimum absolute atomic E-state index is 0.180. The standard InChI is InChI=1S/C19H18O2/c1-15(20)8-10-18-14-19(21-2)13-12-17(18)11-9-16-6-4-3-5-7-16/h3-7,12-14H,8,10H2,1-2H3. The molecule has 2 rings (SSSR count). The van der Waals surface area contributed by atoms with Crippen molar-refractivity contribution in [2.75, 3.05) is 7.11 Å². The third-order valence-corrected chi connectivity index (χ3v) is 3.17. The van der Waals surface area contributed by atoms with Crippen molar-refractivity contribution in [1.82, 2.24) is 0 Å². The smallest absolute Gasteiger partial charge is 0.130 e. The van der Waals surface area contributed by atoms with E-state index in [-0.39, 0.29) is 5.78 Å². The number of Topliss-reactive ketones (excluding diaryl/α,β-unsaturated/α-hetero) is 1. The van der Waals surface area contributed by atoms with Gasteiger partial charge in [-0.2, -0.15) is 0 Å². The summed E-state index contributed by atoms with van der Waals surface area (Å²) in [6, 6.07) is 15.7. The second-order valence-electron chi connectivity index (χ2n) is 4.84. The average Bonchev–Trinajstić information content (AvgIpc) is 2.52. The number of hydrogen-bond donors (Lipinski definition) is 0. The maximum absolute atomic E-state index is 11.2. The lowest BCUT2D eigenvalue weighted by Crippen LogP contribution is -1.97. The highest BCUT2D eigenvalue weighted by Gasteiger charge is 2.04. The van der Waals surface area contributed by atoms with Crippen LogP contribution < -0.4 is 4.74 Å². The van der Waals surface area contributed by atoms with Gasteiger partial charge in [0.15, 0.2) is 0 Å². The van der Waals surface area contributed by atoms with E-state index in [2.05, 4.69) is 11.8 Å². The molecule has 0 bridgehead atoms. The van der Waals surface area contributed by atoms with Gasteiger partial charge in [0, 0.05) is 17.5 Å². The zero-order valence-corrected chi connectivity index (χ0v) is 12.3. The van der Waals surface area contributed by atoms with E-state index in [0.717, 1.165) is 22.4 Å². The Balaban J connectivity index is 2.29. The summed E-state index contributed by atoms with van der Waals surface area (Å²) in [6.07, 6.45) is 1.21. The van der Waals surface area contributed by atoms with Gasteiger partial charge in [0.05, 0.1) is 7.11 Å². The monoisotopic (exact) mass is 278 g/mol. The fraction of sp³-hybridized carbons (Fsp3) is 0.211. The van der Waals surface area contributed by atoms with Crippen molar-refractivity contribution in [2.24, 2.45) is 0 Å². The molecule has 0 aliphatic heterocycles. The molecule has 106 valence electrons. The van der Waals surface area contributed by atoms with Crippen molar-refractivity contribution in [3.8, 4) is 17.6 Å². The van der Waals surface area contributed by atoms with E-state index in [1.165, 1.54) is 0 Å². The first-order valence-electron chi connectivity index (χ1n) is 6.92. The number of ketones is 1. The summed E-state index contributed by atoms with van der Waals surface area (Å²) in [5, 5.41) is 0. The van der Waals surface area contributed by atoms with Crippen LogP contribution in [0.1, 0.15) is 30.0 Å². The van der Waals surface area contributed by atoms with Gasteiger partial charge >= 0.3 is 0 Å². The highest BCUT2D eigenvalue weighted by Crippen LogP contribution is 2.19. The molecule has 2 aromatic rings. The summed E-state index contributed by atoms with van der Waals surface area (Å²) in [4.78, 5) is 11.2. The third-order valence-electron chi connectivity index (χ3n) is 3.17. The average molecular weight is 278 g/mol. The van der Waals surface area contributed by atoms with Crippen molar-refractivity contribution < 1.29 is 9.53 Å². The Hall–Kier alpha value is -2.53. The van der Waals surface area contributed by atoms with Crippen molar-refractivity contribution in [3.05, 3.63) is 65.2 Å². The molecule has 0 radical (unpaired) electrons. The topological polar surface area (TPSA) is 26.3 Å². The van der Waals surface area contributed by atoms with Gasteiger partial charge in [0.25, 0.3) is 0 Å². The molecular weight excluding hydrogens is 260 g/mol. The highest BCUT2D eigenvalue weighted by molar-refractivity contribution is 5.75. The number of carbonyl (C=O) groups is 1. The Morgan fingerprint density at radius 2 is 1.86 bits per heavy atom. The molecule has 0 amide bonds. The molecule has 2 aromatic carbocycles. The van der Waals surface area contributed by atoms with Gasteiger partial charge in [0.1, 0.15) is 11.5 Å². The van der Waals surface area contributed by atoms with Crippen molar-refractivity contribution in [3.63, 3.8) is 0 Å². The van der Waals surface area contributed by atoms with E-state index in [1.54, 1.807) is 14.0 Å². The number of rotatable bonds is 4. The molecule has 0 unspecified atom stereocenters. The summed E-state index contributed by atoms with van der Waals surface area (Å²) in [6.45, 7) is 1.61. The minimum Gasteiger partial charge on any atom is -0.497 e. The van der Waals surface area contributed by atoms with Crippen LogP contribution in [0.25, 0.3) is 0 Å². The van der Waals surface area contributed by atoms with Gasteiger partial charge in [-0.1, -0.05) is 30.0 Å². The lowest BCUT2D eigenvalue weighted by atomic mass is 10.0. The number of hydrogen-bond acceptors (Lipinski definition) is 2. The Kier molecular flexibility index (Phi) is 5.17. The maximum atomic E-state index is 11.2. The van der Waals surface area contributed by atoms with Crippen LogP contribution in [0.15, 0.2) is 48.5 Å². The molecule has 2 heteroatoms. The zero-order chi connectivity index (χ0) is 15.1. The molecule has 0 spiro atoms. The summed E-state index contributed by atoms with van der Waals surface area (Å²) >= 11 is 0. The van der Waals surface area contributed by atoms with E-state index in [1.807, 2.05) is 48.5 Å². The Morgan fingerprint density at radius 3 is 2.52 bits per heavy atom. The Bertz CT molecular complexity index is 676. The highest BCUT2D eigenvalue weighted by atomic mass is 16.5. The van der Waals surface area contributed by atoms with Crippen LogP contribution in [0.5, 0.6) is 5.75 Å². The molecule has 0 aromatic heterocycles. The van der Waals surface area contributed by atoms with Crippen LogP contribution >= 0.6 is 0 Å². The van der Waals surface area contributed by atoms with Gasteiger partial charge in [-0.15, -0.1) is 0 Å². The number of methoxy groups -OCH3 is 1. The molecular formula is C19H18O2. The molecule has 21 heavy (non-hydrogen) atoms. The predicted octanol–water partition coefficient (Wildman–Crippen LogP) is 3.62. The first-order chi connectivity index (χ1) is 10.2. The normalized spacial score (nSPS) is 9.62. The minimum atomic E-state index is 0.180. The number of benzene rings is 2. The van der Waals surface area contributed by atoms with E-state index in [4.69, 9.17) is 4.74 Å². The molecule has 0 aliphatic carbocycles. The second-order valence-corrected chi connectivity index (χ2v) is 4.84. The van der Waals surface area contributed by atoms with Gasteiger partial charge in [0.2, 0.25) is 0 Å². The fourth-order valence-electron chi connectivity index (χ4n) is 2.00. The van der Waals surface area contributed by atoms with Crippen LogP contribution in [-0.2, 0) is 11.2 Å². The van der Waals surface area contributed by atoms with Crippen molar-refractivity contribution in [2.45, 2.75) is 19.8 Å². The van der Waals surface area contributed by atoms with E-state index < -0.39 is 0 Å². The SMILES string of the molecule is COc1ccc(C#Cc2ccccc2)c(CCC(C)=O)c1. The van der Waals surface area contributed by atoms with E-state index in [0.29, 0.717) is 12.8 Å². The molecule has 0 fully saturated rings. The van der Waals surface area contributed by atoms with Gasteiger partial charge < -0.3 is 9.53 Å². The Morgan fingerprint density at radius 1 is 1.10 bits per heavy atom. The number of ether oxygens (including phenoxy) is 1. The van der Waals surface area contributed by atoms with Crippen molar-refractivity contribution in [1.29, 1.82) is 0 Å². The quantitative estimate of drug-likeness (QED) is 0.798. The molecule has 0 atom stereocenters. The first-order valence-corrected chi connectivity index (χ1v) is 6.92. The second kappa shape index (κ2) is 7.31. The maximum Gasteiger partial charge on any atom is 0.130 e. The third kappa shape index (κ3) is 4.50. The number of aryl methyl sites for hydroxylation is 1. The lowest BCUT2D eigenvalue weighted by molar-refractivity contribution is -0.116. The van der Waals surface area contributed by atoms with Crippen LogP contribution in [0.2, 0.25) is 0 Å². The zero-order valence-electron chi connectivity index (χ0n) is 12.3. The van der Waals surface area contributed by atoms with Gasteiger partial charge in [-0.05, 0) is 49.2 Å². The lowest BCUT2D eigenvalue weighted by Gasteiger charge is -2.06. The summed E-state index contributed by atoms with van der Waals surface area (Å²) in [5.41, 5.74) is 2.97. The van der Waals surface area contributed by atoms with Crippen molar-refractivity contribution >= 4 is 5.78 Å². The molecule has 2 nitrogen and oxygen atoms in total. The predicted molar refractivity (Wildman–Crippen MR) is 84.4 cm³/mol. The summed E-state index contributed by atoms with van der Waals surface area (Å²) in [7, 11) is 1.64. The first kappa shape index (κ1) is 14.9. The fourth-order valence-corrected chi connectivity index (χ4v) is 2.00. The molecule has 0 aliphatic rings. The number of carbonyl (C=O) groups excluding carboxylic acids is 1. The Labute approximate surface area is 125 Å². The molecule has 0 heterocycles. The summed E-state index contributed by atoms with van der Waals surface area (Å²) in [5.74, 6) is 7.31.